The van der Waals surface area contributed by atoms with Crippen LogP contribution in [-0.4, -0.2) is 17.5 Å². The second-order valence-corrected chi connectivity index (χ2v) is 3.58. The molecule has 0 spiro atoms. The molecular weight excluding hydrogens is 285 g/mol. The third kappa shape index (κ3) is 2.35. The van der Waals surface area contributed by atoms with Crippen molar-refractivity contribution in [3.8, 4) is 0 Å². The predicted molar refractivity (Wildman–Crippen MR) is 56.7 cm³/mol. The molecule has 0 atom stereocenters. The highest BCUT2D eigenvalue weighted by Crippen LogP contribution is 2.31. The van der Waals surface area contributed by atoms with Crippen LogP contribution in [0.15, 0.2) is 16.6 Å². The van der Waals surface area contributed by atoms with Crippen molar-refractivity contribution in [3.05, 3.63) is 38.1 Å². The Labute approximate surface area is 98.5 Å². The first-order valence-electron chi connectivity index (χ1n) is 4.28. The second kappa shape index (κ2) is 5.02. The van der Waals surface area contributed by atoms with Crippen LogP contribution in [-0.2, 0) is 4.74 Å². The zero-order valence-electron chi connectivity index (χ0n) is 8.20. The van der Waals surface area contributed by atoms with Gasteiger partial charge < -0.3 is 4.74 Å². The van der Waals surface area contributed by atoms with E-state index in [-0.39, 0.29) is 11.1 Å². The lowest BCUT2D eigenvalue weighted by Gasteiger charge is -2.05. The lowest BCUT2D eigenvalue weighted by Crippen LogP contribution is -2.11. The zero-order chi connectivity index (χ0) is 12.3. The highest BCUT2D eigenvalue weighted by atomic mass is 79.9. The molecule has 0 heterocycles. The van der Waals surface area contributed by atoms with E-state index in [1.807, 2.05) is 0 Å². The number of carbonyl (C=O) groups excluding carboxylic acids is 1. The molecule has 0 amide bonds. The molecule has 0 bridgehead atoms. The average molecular weight is 292 g/mol. The molecule has 0 radical (unpaired) electrons. The van der Waals surface area contributed by atoms with Gasteiger partial charge in [0, 0.05) is 0 Å². The molecule has 0 saturated carbocycles. The summed E-state index contributed by atoms with van der Waals surface area (Å²) in [6.45, 7) is 1.54. The van der Waals surface area contributed by atoms with E-state index in [1.165, 1.54) is 6.92 Å². The minimum absolute atomic E-state index is 0.0158. The Morgan fingerprint density at radius 3 is 2.75 bits per heavy atom. The number of esters is 1. The lowest BCUT2D eigenvalue weighted by molar-refractivity contribution is -0.386. The van der Waals surface area contributed by atoms with Crippen molar-refractivity contribution >= 4 is 27.6 Å². The smallest absolute Gasteiger partial charge is 0.348 e. The molecule has 0 unspecified atom stereocenters. The zero-order valence-corrected chi connectivity index (χ0v) is 9.78. The molecule has 1 aromatic rings. The number of benzene rings is 1. The van der Waals surface area contributed by atoms with Gasteiger partial charge in [-0.1, -0.05) is 0 Å². The first-order valence-corrected chi connectivity index (χ1v) is 5.07. The third-order valence-corrected chi connectivity index (χ3v) is 2.38. The number of nitro benzene ring substituents is 1. The molecule has 0 aliphatic carbocycles. The SMILES string of the molecule is CCOC(=O)c1c(F)ccc(Br)c1[N+](=O)[O-]. The van der Waals surface area contributed by atoms with Crippen LogP contribution in [0.1, 0.15) is 17.3 Å². The Morgan fingerprint density at radius 2 is 2.25 bits per heavy atom. The van der Waals surface area contributed by atoms with Crippen LogP contribution in [0.4, 0.5) is 10.1 Å². The Kier molecular flexibility index (Phi) is 3.94. The van der Waals surface area contributed by atoms with Crippen molar-refractivity contribution in [2.24, 2.45) is 0 Å². The molecule has 1 aromatic carbocycles. The fraction of sp³-hybridized carbons (Fsp3) is 0.222. The summed E-state index contributed by atoms with van der Waals surface area (Å²) in [6.07, 6.45) is 0. The van der Waals surface area contributed by atoms with Crippen LogP contribution in [0, 0.1) is 15.9 Å². The van der Waals surface area contributed by atoms with E-state index in [0.29, 0.717) is 0 Å². The molecule has 0 aliphatic rings. The number of hydrogen-bond donors (Lipinski definition) is 0. The van der Waals surface area contributed by atoms with E-state index in [0.717, 1.165) is 12.1 Å². The molecule has 7 heteroatoms. The van der Waals surface area contributed by atoms with Gasteiger partial charge in [-0.25, -0.2) is 9.18 Å². The number of ether oxygens (including phenoxy) is 1. The summed E-state index contributed by atoms with van der Waals surface area (Å²) in [5, 5.41) is 10.7. The summed E-state index contributed by atoms with van der Waals surface area (Å²) in [6, 6.07) is 2.12. The Morgan fingerprint density at radius 1 is 1.62 bits per heavy atom. The molecule has 16 heavy (non-hydrogen) atoms. The van der Waals surface area contributed by atoms with E-state index in [2.05, 4.69) is 20.7 Å². The van der Waals surface area contributed by atoms with Crippen LogP contribution >= 0.6 is 15.9 Å². The van der Waals surface area contributed by atoms with Gasteiger partial charge in [-0.3, -0.25) is 10.1 Å². The van der Waals surface area contributed by atoms with Crippen molar-refractivity contribution in [2.45, 2.75) is 6.92 Å². The number of carbonyl (C=O) groups is 1. The monoisotopic (exact) mass is 291 g/mol. The highest BCUT2D eigenvalue weighted by Gasteiger charge is 2.28. The van der Waals surface area contributed by atoms with Gasteiger partial charge in [-0.2, -0.15) is 0 Å². The fourth-order valence-electron chi connectivity index (χ4n) is 1.12. The molecular formula is C9H7BrFNO4. The summed E-state index contributed by atoms with van der Waals surface area (Å²) in [5.41, 5.74) is -1.29. The largest absolute Gasteiger partial charge is 0.462 e. The molecule has 0 aromatic heterocycles. The fourth-order valence-corrected chi connectivity index (χ4v) is 1.59. The van der Waals surface area contributed by atoms with Gasteiger partial charge in [-0.15, -0.1) is 0 Å². The standard InChI is InChI=1S/C9H7BrFNO4/c1-2-16-9(13)7-6(11)4-3-5(10)8(7)12(14)15/h3-4H,2H2,1H3. The third-order valence-electron chi connectivity index (χ3n) is 1.74. The molecule has 86 valence electrons. The van der Waals surface area contributed by atoms with Gasteiger partial charge in [0.15, 0.2) is 5.56 Å². The van der Waals surface area contributed by atoms with E-state index >= 15 is 0 Å². The number of nitrogens with zero attached hydrogens (tertiary/aromatic N) is 1. The van der Waals surface area contributed by atoms with E-state index in [1.54, 1.807) is 0 Å². The van der Waals surface area contributed by atoms with Gasteiger partial charge >= 0.3 is 11.7 Å². The quantitative estimate of drug-likeness (QED) is 0.488. The normalized spacial score (nSPS) is 9.94. The van der Waals surface area contributed by atoms with Crippen LogP contribution in [0.5, 0.6) is 0 Å². The van der Waals surface area contributed by atoms with Gasteiger partial charge in [-0.05, 0) is 35.0 Å². The summed E-state index contributed by atoms with van der Waals surface area (Å²) >= 11 is 2.89. The molecule has 1 rings (SSSR count). The molecule has 0 saturated heterocycles. The highest BCUT2D eigenvalue weighted by molar-refractivity contribution is 9.10. The number of hydrogen-bond acceptors (Lipinski definition) is 4. The molecule has 0 N–H and O–H groups in total. The average Bonchev–Trinajstić information content (AvgIpc) is 2.20. The number of rotatable bonds is 3. The van der Waals surface area contributed by atoms with E-state index in [9.17, 15) is 19.3 Å². The molecule has 0 fully saturated rings. The molecule has 0 aliphatic heterocycles. The first-order chi connectivity index (χ1) is 7.49. The minimum Gasteiger partial charge on any atom is -0.462 e. The maximum Gasteiger partial charge on any atom is 0.348 e. The predicted octanol–water partition coefficient (Wildman–Crippen LogP) is 2.67. The number of nitro groups is 1. The van der Waals surface area contributed by atoms with Crippen LogP contribution in [0.3, 0.4) is 0 Å². The maximum atomic E-state index is 13.3. The van der Waals surface area contributed by atoms with Crippen molar-refractivity contribution in [2.75, 3.05) is 6.61 Å². The Bertz CT molecular complexity index is 449. The van der Waals surface area contributed by atoms with Crippen molar-refractivity contribution in [3.63, 3.8) is 0 Å². The van der Waals surface area contributed by atoms with Gasteiger partial charge in [0.2, 0.25) is 0 Å². The van der Waals surface area contributed by atoms with E-state index < -0.39 is 28.0 Å². The van der Waals surface area contributed by atoms with Crippen LogP contribution in [0.25, 0.3) is 0 Å². The van der Waals surface area contributed by atoms with Gasteiger partial charge in [0.05, 0.1) is 16.0 Å². The first kappa shape index (κ1) is 12.6. The summed E-state index contributed by atoms with van der Waals surface area (Å²) < 4.78 is 17.9. The van der Waals surface area contributed by atoms with Crippen LogP contribution < -0.4 is 0 Å². The maximum absolute atomic E-state index is 13.3. The topological polar surface area (TPSA) is 69.4 Å². The van der Waals surface area contributed by atoms with Crippen molar-refractivity contribution < 1.29 is 18.8 Å². The lowest BCUT2D eigenvalue weighted by atomic mass is 10.1. The van der Waals surface area contributed by atoms with E-state index in [4.69, 9.17) is 0 Å². The van der Waals surface area contributed by atoms with Gasteiger partial charge in [0.25, 0.3) is 0 Å². The second-order valence-electron chi connectivity index (χ2n) is 2.73. The summed E-state index contributed by atoms with van der Waals surface area (Å²) in [7, 11) is 0. The van der Waals surface area contributed by atoms with Gasteiger partial charge in [0.1, 0.15) is 5.82 Å². The summed E-state index contributed by atoms with van der Waals surface area (Å²) in [4.78, 5) is 21.2. The Balaban J connectivity index is 3.40. The van der Waals surface area contributed by atoms with Crippen molar-refractivity contribution in [1.82, 2.24) is 0 Å². The Hall–Kier alpha value is -1.50. The van der Waals surface area contributed by atoms with Crippen LogP contribution in [0.2, 0.25) is 0 Å². The number of halogens is 2. The van der Waals surface area contributed by atoms with Crippen molar-refractivity contribution in [1.29, 1.82) is 0 Å². The summed E-state index contributed by atoms with van der Waals surface area (Å²) in [5.74, 6) is -2.03. The molecule has 5 nitrogen and oxygen atoms in total. The minimum atomic E-state index is -1.05.